The molecule has 2 nitrogen and oxygen atoms in total. The fourth-order valence-electron chi connectivity index (χ4n) is 1.49. The number of aryl methyl sites for hydroxylation is 2. The zero-order valence-electron chi connectivity index (χ0n) is 7.16. The van der Waals surface area contributed by atoms with Crippen LogP contribution in [0.4, 0.5) is 0 Å². The summed E-state index contributed by atoms with van der Waals surface area (Å²) in [6, 6.07) is 6.08. The predicted octanol–water partition coefficient (Wildman–Crippen LogP) is 1.88. The Labute approximate surface area is 76.5 Å². The Bertz CT molecular complexity index is 378. The standard InChI is InChI=1S/C11H10O2/c12-11(13)6-2-8-1-3-9-4-5-10(9)7-8/h1-3,6-7H,4-5H2,(H,12,13)/b6-2-. The number of hydrogen-bond donors (Lipinski definition) is 1. The molecule has 1 N–H and O–H groups in total. The van der Waals surface area contributed by atoms with Crippen molar-refractivity contribution >= 4 is 12.0 Å². The van der Waals surface area contributed by atoms with Crippen LogP contribution in [-0.4, -0.2) is 11.1 Å². The highest BCUT2D eigenvalue weighted by atomic mass is 16.4. The molecule has 0 fully saturated rings. The molecule has 0 aromatic heterocycles. The van der Waals surface area contributed by atoms with E-state index >= 15 is 0 Å². The van der Waals surface area contributed by atoms with Crippen molar-refractivity contribution in [2.24, 2.45) is 0 Å². The molecule has 0 spiro atoms. The van der Waals surface area contributed by atoms with Gasteiger partial charge in [0.05, 0.1) is 0 Å². The second kappa shape index (κ2) is 3.05. The first-order valence-electron chi connectivity index (χ1n) is 4.28. The minimum atomic E-state index is -0.900. The van der Waals surface area contributed by atoms with Crippen molar-refractivity contribution in [3.05, 3.63) is 41.0 Å². The molecule has 0 unspecified atom stereocenters. The molecule has 0 heterocycles. The minimum absolute atomic E-state index is 0.900. The Balaban J connectivity index is 2.22. The Hall–Kier alpha value is -1.57. The summed E-state index contributed by atoms with van der Waals surface area (Å²) in [5.74, 6) is -0.900. The third-order valence-corrected chi connectivity index (χ3v) is 2.31. The number of carboxylic acids is 1. The van der Waals surface area contributed by atoms with Crippen LogP contribution in [0, 0.1) is 0 Å². The Morgan fingerprint density at radius 2 is 2.08 bits per heavy atom. The lowest BCUT2D eigenvalue weighted by atomic mass is 9.87. The molecular formula is C11H10O2. The molecule has 0 aliphatic heterocycles. The van der Waals surface area contributed by atoms with Crippen molar-refractivity contribution in [3.63, 3.8) is 0 Å². The minimum Gasteiger partial charge on any atom is -0.478 e. The second-order valence-corrected chi connectivity index (χ2v) is 3.20. The van der Waals surface area contributed by atoms with E-state index in [0.29, 0.717) is 0 Å². The molecule has 1 aliphatic carbocycles. The zero-order chi connectivity index (χ0) is 9.26. The predicted molar refractivity (Wildman–Crippen MR) is 50.5 cm³/mol. The van der Waals surface area contributed by atoms with Crippen molar-refractivity contribution in [1.82, 2.24) is 0 Å². The average Bonchev–Trinajstić information content (AvgIpc) is 2.05. The molecular weight excluding hydrogens is 164 g/mol. The normalized spacial score (nSPS) is 13.8. The Morgan fingerprint density at radius 3 is 2.62 bits per heavy atom. The molecule has 0 bridgehead atoms. The average molecular weight is 174 g/mol. The molecule has 0 radical (unpaired) electrons. The van der Waals surface area contributed by atoms with E-state index in [2.05, 4.69) is 12.1 Å². The molecule has 2 heteroatoms. The largest absolute Gasteiger partial charge is 0.478 e. The maximum Gasteiger partial charge on any atom is 0.328 e. The molecule has 13 heavy (non-hydrogen) atoms. The number of benzene rings is 1. The lowest BCUT2D eigenvalue weighted by molar-refractivity contribution is -0.131. The van der Waals surface area contributed by atoms with Crippen LogP contribution in [0.1, 0.15) is 16.7 Å². The van der Waals surface area contributed by atoms with Crippen LogP contribution >= 0.6 is 0 Å². The van der Waals surface area contributed by atoms with Gasteiger partial charge in [-0.2, -0.15) is 0 Å². The molecule has 1 aromatic carbocycles. The molecule has 2 rings (SSSR count). The van der Waals surface area contributed by atoms with Crippen molar-refractivity contribution < 1.29 is 9.90 Å². The number of hydrogen-bond acceptors (Lipinski definition) is 1. The fourth-order valence-corrected chi connectivity index (χ4v) is 1.49. The quantitative estimate of drug-likeness (QED) is 0.695. The molecule has 66 valence electrons. The van der Waals surface area contributed by atoms with E-state index in [0.717, 1.165) is 18.4 Å². The summed E-state index contributed by atoms with van der Waals surface area (Å²) in [5, 5.41) is 8.43. The lowest BCUT2D eigenvalue weighted by Crippen LogP contribution is -2.07. The second-order valence-electron chi connectivity index (χ2n) is 3.20. The summed E-state index contributed by atoms with van der Waals surface area (Å²) in [7, 11) is 0. The SMILES string of the molecule is O=C(O)/C=C\c1ccc2c(c1)CC2. The van der Waals surface area contributed by atoms with Gasteiger partial charge in [-0.1, -0.05) is 18.2 Å². The van der Waals surface area contributed by atoms with E-state index in [9.17, 15) is 4.79 Å². The van der Waals surface area contributed by atoms with Gasteiger partial charge in [-0.15, -0.1) is 0 Å². The van der Waals surface area contributed by atoms with Gasteiger partial charge in [0.1, 0.15) is 0 Å². The Kier molecular flexibility index (Phi) is 1.89. The number of carboxylic acid groups (broad SMARTS) is 1. The van der Waals surface area contributed by atoms with Gasteiger partial charge in [-0.25, -0.2) is 4.79 Å². The van der Waals surface area contributed by atoms with Crippen molar-refractivity contribution in [2.75, 3.05) is 0 Å². The molecule has 1 aliphatic rings. The van der Waals surface area contributed by atoms with Crippen molar-refractivity contribution in [1.29, 1.82) is 0 Å². The van der Waals surface area contributed by atoms with E-state index in [1.807, 2.05) is 6.07 Å². The molecule has 1 aromatic rings. The van der Waals surface area contributed by atoms with Crippen LogP contribution in [-0.2, 0) is 17.6 Å². The van der Waals surface area contributed by atoms with Gasteiger partial charge in [0.2, 0.25) is 0 Å². The maximum atomic E-state index is 10.3. The maximum absolute atomic E-state index is 10.3. The lowest BCUT2D eigenvalue weighted by Gasteiger charge is -2.18. The first-order valence-corrected chi connectivity index (χ1v) is 4.28. The zero-order valence-corrected chi connectivity index (χ0v) is 7.16. The summed E-state index contributed by atoms with van der Waals surface area (Å²) in [5.41, 5.74) is 3.72. The van der Waals surface area contributed by atoms with Crippen LogP contribution in [0.25, 0.3) is 6.08 Å². The van der Waals surface area contributed by atoms with Gasteiger partial charge < -0.3 is 5.11 Å². The summed E-state index contributed by atoms with van der Waals surface area (Å²) < 4.78 is 0. The van der Waals surface area contributed by atoms with E-state index < -0.39 is 5.97 Å². The van der Waals surface area contributed by atoms with Crippen molar-refractivity contribution in [3.8, 4) is 0 Å². The van der Waals surface area contributed by atoms with Gasteiger partial charge in [0.15, 0.2) is 0 Å². The first kappa shape index (κ1) is 8.05. The monoisotopic (exact) mass is 174 g/mol. The van der Waals surface area contributed by atoms with Crippen LogP contribution in [0.3, 0.4) is 0 Å². The topological polar surface area (TPSA) is 37.3 Å². The molecule has 0 saturated carbocycles. The summed E-state index contributed by atoms with van der Waals surface area (Å²) >= 11 is 0. The van der Waals surface area contributed by atoms with Gasteiger partial charge >= 0.3 is 5.97 Å². The third-order valence-electron chi connectivity index (χ3n) is 2.31. The molecule has 0 saturated heterocycles. The number of rotatable bonds is 2. The smallest absolute Gasteiger partial charge is 0.328 e. The first-order chi connectivity index (χ1) is 6.25. The number of carbonyl (C=O) groups is 1. The molecule has 0 amide bonds. The van der Waals surface area contributed by atoms with Crippen LogP contribution < -0.4 is 0 Å². The summed E-state index contributed by atoms with van der Waals surface area (Å²) in [4.78, 5) is 10.3. The highest BCUT2D eigenvalue weighted by molar-refractivity contribution is 5.85. The highest BCUT2D eigenvalue weighted by Gasteiger charge is 2.11. The van der Waals surface area contributed by atoms with Gasteiger partial charge in [-0.05, 0) is 35.6 Å². The van der Waals surface area contributed by atoms with Crippen LogP contribution in [0.15, 0.2) is 24.3 Å². The van der Waals surface area contributed by atoms with Gasteiger partial charge in [0, 0.05) is 6.08 Å². The summed E-state index contributed by atoms with van der Waals surface area (Å²) in [6.07, 6.45) is 5.09. The van der Waals surface area contributed by atoms with E-state index in [1.165, 1.54) is 17.2 Å². The highest BCUT2D eigenvalue weighted by Crippen LogP contribution is 2.23. The van der Waals surface area contributed by atoms with Gasteiger partial charge in [-0.3, -0.25) is 0 Å². The summed E-state index contributed by atoms with van der Waals surface area (Å²) in [6.45, 7) is 0. The molecule has 0 atom stereocenters. The Morgan fingerprint density at radius 1 is 1.31 bits per heavy atom. The third kappa shape index (κ3) is 1.61. The number of fused-ring (bicyclic) bond motifs is 1. The van der Waals surface area contributed by atoms with Gasteiger partial charge in [0.25, 0.3) is 0 Å². The van der Waals surface area contributed by atoms with Crippen LogP contribution in [0.5, 0.6) is 0 Å². The van der Waals surface area contributed by atoms with E-state index in [1.54, 1.807) is 6.08 Å². The number of aliphatic carboxylic acids is 1. The van der Waals surface area contributed by atoms with Crippen LogP contribution in [0.2, 0.25) is 0 Å². The van der Waals surface area contributed by atoms with E-state index in [-0.39, 0.29) is 0 Å². The van der Waals surface area contributed by atoms with Crippen molar-refractivity contribution in [2.45, 2.75) is 12.8 Å². The van der Waals surface area contributed by atoms with E-state index in [4.69, 9.17) is 5.11 Å². The fraction of sp³-hybridized carbons (Fsp3) is 0.182.